The van der Waals surface area contributed by atoms with Gasteiger partial charge in [0, 0.05) is 21.4 Å². The van der Waals surface area contributed by atoms with Crippen LogP contribution in [-0.4, -0.2) is 25.0 Å². The summed E-state index contributed by atoms with van der Waals surface area (Å²) in [7, 11) is 0. The maximum Gasteiger partial charge on any atom is 0.266 e. The third kappa shape index (κ3) is 7.65. The van der Waals surface area contributed by atoms with E-state index < -0.39 is 11.8 Å². The summed E-state index contributed by atoms with van der Waals surface area (Å²) in [5.41, 5.74) is 1.27. The zero-order valence-corrected chi connectivity index (χ0v) is 21.2. The van der Waals surface area contributed by atoms with Gasteiger partial charge in [0.25, 0.3) is 11.8 Å². The number of anilines is 2. The van der Waals surface area contributed by atoms with Crippen LogP contribution in [0, 0.1) is 11.3 Å². The second-order valence-corrected chi connectivity index (χ2v) is 8.52. The number of benzene rings is 3. The van der Waals surface area contributed by atoms with Gasteiger partial charge in [-0.3, -0.25) is 9.59 Å². The van der Waals surface area contributed by atoms with Crippen LogP contribution in [0.25, 0.3) is 6.08 Å². The van der Waals surface area contributed by atoms with Crippen molar-refractivity contribution in [3.8, 4) is 17.6 Å². The van der Waals surface area contributed by atoms with Crippen LogP contribution in [0.5, 0.6) is 11.5 Å². The van der Waals surface area contributed by atoms with Gasteiger partial charge >= 0.3 is 0 Å². The van der Waals surface area contributed by atoms with Crippen molar-refractivity contribution in [3.63, 3.8) is 0 Å². The van der Waals surface area contributed by atoms with Gasteiger partial charge in [0.1, 0.15) is 11.6 Å². The van der Waals surface area contributed by atoms with E-state index in [1.54, 1.807) is 61.5 Å². The van der Waals surface area contributed by atoms with Crippen LogP contribution < -0.4 is 20.1 Å². The van der Waals surface area contributed by atoms with E-state index in [0.29, 0.717) is 27.0 Å². The zero-order chi connectivity index (χ0) is 26.1. The fourth-order valence-electron chi connectivity index (χ4n) is 3.02. The Morgan fingerprint density at radius 2 is 1.69 bits per heavy atom. The van der Waals surface area contributed by atoms with Gasteiger partial charge in [0.2, 0.25) is 0 Å². The van der Waals surface area contributed by atoms with Crippen LogP contribution >= 0.6 is 34.8 Å². The molecular formula is C26H20Cl3N3O4. The van der Waals surface area contributed by atoms with Gasteiger partial charge in [-0.15, -0.1) is 0 Å². The second kappa shape index (κ2) is 12.8. The SMILES string of the molecule is CCOc1cc(/C=C(\C#N)C(=O)Nc2cccc(Cl)c2)cc(Cl)c1OCC(=O)Nc1ccc(Cl)cc1. The Kier molecular flexibility index (Phi) is 9.60. The smallest absolute Gasteiger partial charge is 0.266 e. The van der Waals surface area contributed by atoms with E-state index in [9.17, 15) is 14.9 Å². The zero-order valence-electron chi connectivity index (χ0n) is 19.0. The normalized spacial score (nSPS) is 10.8. The molecule has 3 aromatic rings. The summed E-state index contributed by atoms with van der Waals surface area (Å²) in [4.78, 5) is 24.9. The molecule has 184 valence electrons. The molecule has 7 nitrogen and oxygen atoms in total. The summed E-state index contributed by atoms with van der Waals surface area (Å²) >= 11 is 18.2. The predicted molar refractivity (Wildman–Crippen MR) is 142 cm³/mol. The maximum absolute atomic E-state index is 12.6. The summed E-state index contributed by atoms with van der Waals surface area (Å²) in [5, 5.41) is 16.0. The summed E-state index contributed by atoms with van der Waals surface area (Å²) < 4.78 is 11.3. The van der Waals surface area contributed by atoms with Gasteiger partial charge in [0.05, 0.1) is 11.6 Å². The highest BCUT2D eigenvalue weighted by Crippen LogP contribution is 2.37. The average molecular weight is 545 g/mol. The first-order chi connectivity index (χ1) is 17.3. The molecule has 0 aliphatic heterocycles. The summed E-state index contributed by atoms with van der Waals surface area (Å²) in [6.45, 7) is 1.73. The van der Waals surface area contributed by atoms with E-state index in [4.69, 9.17) is 44.3 Å². The monoisotopic (exact) mass is 543 g/mol. The Hall–Kier alpha value is -3.70. The fraction of sp³-hybridized carbons (Fsp3) is 0.115. The van der Waals surface area contributed by atoms with Crippen LogP contribution in [0.2, 0.25) is 15.1 Å². The number of halogens is 3. The highest BCUT2D eigenvalue weighted by molar-refractivity contribution is 6.32. The van der Waals surface area contributed by atoms with Gasteiger partial charge in [0.15, 0.2) is 18.1 Å². The molecule has 0 saturated heterocycles. The van der Waals surface area contributed by atoms with Gasteiger partial charge in [-0.2, -0.15) is 5.26 Å². The molecule has 10 heteroatoms. The molecule has 0 aliphatic rings. The molecule has 0 saturated carbocycles. The number of nitrogens with zero attached hydrogens (tertiary/aromatic N) is 1. The fourth-order valence-corrected chi connectivity index (χ4v) is 3.61. The number of carbonyl (C=O) groups is 2. The number of nitrogens with one attached hydrogen (secondary N) is 2. The van der Waals surface area contributed by atoms with Crippen LogP contribution in [0.3, 0.4) is 0 Å². The largest absolute Gasteiger partial charge is 0.490 e. The van der Waals surface area contributed by atoms with Crippen molar-refractivity contribution in [1.82, 2.24) is 0 Å². The van der Waals surface area contributed by atoms with Crippen molar-refractivity contribution < 1.29 is 19.1 Å². The average Bonchev–Trinajstić information content (AvgIpc) is 2.83. The number of carbonyl (C=O) groups excluding carboxylic acids is 2. The molecule has 0 atom stereocenters. The molecule has 0 aliphatic carbocycles. The molecule has 2 amide bonds. The molecule has 0 radical (unpaired) electrons. The molecule has 0 unspecified atom stereocenters. The highest BCUT2D eigenvalue weighted by atomic mass is 35.5. The second-order valence-electron chi connectivity index (χ2n) is 7.24. The van der Waals surface area contributed by atoms with Crippen molar-refractivity contribution in [1.29, 1.82) is 5.26 Å². The lowest BCUT2D eigenvalue weighted by Gasteiger charge is -2.14. The van der Waals surface area contributed by atoms with Crippen molar-refractivity contribution in [2.45, 2.75) is 6.92 Å². The quantitative estimate of drug-likeness (QED) is 0.233. The minimum atomic E-state index is -0.618. The Balaban J connectivity index is 1.76. The molecule has 0 heterocycles. The molecule has 0 spiro atoms. The lowest BCUT2D eigenvalue weighted by Crippen LogP contribution is -2.20. The van der Waals surface area contributed by atoms with E-state index in [2.05, 4.69) is 10.6 Å². The summed E-state index contributed by atoms with van der Waals surface area (Å²) in [6, 6.07) is 18.1. The Morgan fingerprint density at radius 3 is 2.36 bits per heavy atom. The Labute approximate surface area is 223 Å². The van der Waals surface area contributed by atoms with Crippen LogP contribution in [-0.2, 0) is 9.59 Å². The molecule has 3 rings (SSSR count). The van der Waals surface area contributed by atoms with Crippen LogP contribution in [0.1, 0.15) is 12.5 Å². The van der Waals surface area contributed by atoms with Gasteiger partial charge < -0.3 is 20.1 Å². The van der Waals surface area contributed by atoms with E-state index in [1.165, 1.54) is 12.1 Å². The van der Waals surface area contributed by atoms with E-state index in [0.717, 1.165) is 0 Å². The first kappa shape index (κ1) is 26.9. The lowest BCUT2D eigenvalue weighted by molar-refractivity contribution is -0.118. The number of rotatable bonds is 9. The first-order valence-electron chi connectivity index (χ1n) is 10.6. The number of hydrogen-bond acceptors (Lipinski definition) is 5. The minimum Gasteiger partial charge on any atom is -0.490 e. The van der Waals surface area contributed by atoms with Crippen LogP contribution in [0.15, 0.2) is 66.2 Å². The molecule has 36 heavy (non-hydrogen) atoms. The van der Waals surface area contributed by atoms with Gasteiger partial charge in [-0.05, 0) is 73.2 Å². The number of nitriles is 1. The third-order valence-electron chi connectivity index (χ3n) is 4.57. The molecular weight excluding hydrogens is 525 g/mol. The van der Waals surface area contributed by atoms with E-state index in [1.807, 2.05) is 6.07 Å². The molecule has 0 fully saturated rings. The number of amides is 2. The van der Waals surface area contributed by atoms with Crippen molar-refractivity contribution in [3.05, 3.63) is 86.9 Å². The predicted octanol–water partition coefficient (Wildman–Crippen LogP) is 6.61. The van der Waals surface area contributed by atoms with Crippen molar-refractivity contribution in [2.75, 3.05) is 23.8 Å². The molecule has 0 aromatic heterocycles. The van der Waals surface area contributed by atoms with Crippen molar-refractivity contribution >= 4 is 64.1 Å². The highest BCUT2D eigenvalue weighted by Gasteiger charge is 2.16. The first-order valence-corrected chi connectivity index (χ1v) is 11.8. The lowest BCUT2D eigenvalue weighted by atomic mass is 10.1. The van der Waals surface area contributed by atoms with E-state index >= 15 is 0 Å². The van der Waals surface area contributed by atoms with E-state index in [-0.39, 0.29) is 35.3 Å². The number of hydrogen-bond donors (Lipinski definition) is 2. The number of ether oxygens (including phenoxy) is 2. The Morgan fingerprint density at radius 1 is 0.944 bits per heavy atom. The third-order valence-corrected chi connectivity index (χ3v) is 5.33. The van der Waals surface area contributed by atoms with Gasteiger partial charge in [-0.25, -0.2) is 0 Å². The molecule has 0 bridgehead atoms. The standard InChI is InChI=1S/C26H20Cl3N3O4/c1-2-35-23-12-16(10-17(14-30)26(34)32-21-5-3-4-19(28)13-21)11-22(29)25(23)36-15-24(33)31-20-8-6-18(27)7-9-20/h3-13H,2,15H2,1H3,(H,31,33)(H,32,34)/b17-10+. The topological polar surface area (TPSA) is 100 Å². The molecule has 2 N–H and O–H groups in total. The summed E-state index contributed by atoms with van der Waals surface area (Å²) in [6.07, 6.45) is 1.37. The maximum atomic E-state index is 12.6. The molecule has 3 aromatic carbocycles. The van der Waals surface area contributed by atoms with Gasteiger partial charge in [-0.1, -0.05) is 40.9 Å². The Bertz CT molecular complexity index is 1340. The minimum absolute atomic E-state index is 0.138. The van der Waals surface area contributed by atoms with Crippen molar-refractivity contribution in [2.24, 2.45) is 0 Å². The summed E-state index contributed by atoms with van der Waals surface area (Å²) in [5.74, 6) is -0.621. The van der Waals surface area contributed by atoms with Crippen LogP contribution in [0.4, 0.5) is 11.4 Å².